The fraction of sp³-hybridized carbons (Fsp3) is 0.556. The molecule has 0 radical (unpaired) electrons. The molecule has 21 heavy (non-hydrogen) atoms. The molecule has 0 bridgehead atoms. The normalized spacial score (nSPS) is 11.6. The van der Waals surface area contributed by atoms with E-state index < -0.39 is 0 Å². The molecule has 0 amide bonds. The second-order valence-corrected chi connectivity index (χ2v) is 6.91. The summed E-state index contributed by atoms with van der Waals surface area (Å²) in [4.78, 5) is 0. The highest BCUT2D eigenvalue weighted by Crippen LogP contribution is 2.23. The van der Waals surface area contributed by atoms with E-state index in [9.17, 15) is 0 Å². The fourth-order valence-electron chi connectivity index (χ4n) is 2.73. The lowest BCUT2D eigenvalue weighted by Crippen LogP contribution is -2.23. The van der Waals surface area contributed by atoms with Crippen molar-refractivity contribution in [3.63, 3.8) is 0 Å². The molecule has 2 nitrogen and oxygen atoms in total. The van der Waals surface area contributed by atoms with Gasteiger partial charge in [-0.1, -0.05) is 32.0 Å². The quantitative estimate of drug-likeness (QED) is 0.695. The summed E-state index contributed by atoms with van der Waals surface area (Å²) in [6.07, 6.45) is 8.25. The molecule has 0 aliphatic heterocycles. The van der Waals surface area contributed by atoms with Gasteiger partial charge in [0.2, 0.25) is 0 Å². The Bertz CT molecular complexity index is 545. The van der Waals surface area contributed by atoms with Crippen LogP contribution >= 0.6 is 11.8 Å². The van der Waals surface area contributed by atoms with E-state index >= 15 is 0 Å². The monoisotopic (exact) mass is 304 g/mol. The SMILES string of the molecule is CSCCn1cc(CCCCNC(C)C)c2ccccc21. The molecule has 3 heteroatoms. The molecule has 0 saturated carbocycles. The third kappa shape index (κ3) is 4.79. The molecule has 0 aliphatic carbocycles. The van der Waals surface area contributed by atoms with E-state index in [1.165, 1.54) is 41.5 Å². The second-order valence-electron chi connectivity index (χ2n) is 5.92. The summed E-state index contributed by atoms with van der Waals surface area (Å²) in [6.45, 7) is 6.65. The standard InChI is InChI=1S/C18H28N2S/c1-15(2)19-11-7-6-8-16-14-20(12-13-21-3)18-10-5-4-9-17(16)18/h4-5,9-10,14-15,19H,6-8,11-13H2,1-3H3. The Morgan fingerprint density at radius 2 is 2.00 bits per heavy atom. The van der Waals surface area contributed by atoms with E-state index in [0.717, 1.165) is 13.1 Å². The summed E-state index contributed by atoms with van der Waals surface area (Å²) in [5, 5.41) is 4.93. The molecule has 0 spiro atoms. The third-order valence-electron chi connectivity index (χ3n) is 3.83. The first kappa shape index (κ1) is 16.4. The molecule has 1 heterocycles. The van der Waals surface area contributed by atoms with Gasteiger partial charge in [0.05, 0.1) is 0 Å². The molecule has 2 rings (SSSR count). The van der Waals surface area contributed by atoms with Crippen LogP contribution in [0.4, 0.5) is 0 Å². The van der Waals surface area contributed by atoms with Gasteiger partial charge in [0.25, 0.3) is 0 Å². The van der Waals surface area contributed by atoms with Crippen LogP contribution in [0.25, 0.3) is 10.9 Å². The van der Waals surface area contributed by atoms with Crippen LogP contribution in [0.15, 0.2) is 30.5 Å². The molecule has 116 valence electrons. The Balaban J connectivity index is 1.98. The van der Waals surface area contributed by atoms with Crippen LogP contribution in [0, 0.1) is 0 Å². The number of thioether (sulfide) groups is 1. The molecule has 0 aliphatic rings. The average Bonchev–Trinajstić information content (AvgIpc) is 2.83. The molecule has 0 unspecified atom stereocenters. The minimum atomic E-state index is 0.596. The molecule has 1 N–H and O–H groups in total. The zero-order valence-corrected chi connectivity index (χ0v) is 14.4. The highest BCUT2D eigenvalue weighted by Gasteiger charge is 2.07. The van der Waals surface area contributed by atoms with Gasteiger partial charge < -0.3 is 9.88 Å². The van der Waals surface area contributed by atoms with Crippen LogP contribution in [-0.4, -0.2) is 29.2 Å². The number of para-hydroxylation sites is 1. The number of aromatic nitrogens is 1. The van der Waals surface area contributed by atoms with E-state index in [2.05, 4.69) is 60.4 Å². The van der Waals surface area contributed by atoms with E-state index in [1.54, 1.807) is 0 Å². The molecular weight excluding hydrogens is 276 g/mol. The van der Waals surface area contributed by atoms with Crippen molar-refractivity contribution in [3.8, 4) is 0 Å². The lowest BCUT2D eigenvalue weighted by atomic mass is 10.1. The van der Waals surface area contributed by atoms with Crippen molar-refractivity contribution >= 4 is 22.7 Å². The van der Waals surface area contributed by atoms with Crippen molar-refractivity contribution in [2.45, 2.75) is 45.7 Å². The molecular formula is C18H28N2S. The van der Waals surface area contributed by atoms with Gasteiger partial charge in [-0.3, -0.25) is 0 Å². The summed E-state index contributed by atoms with van der Waals surface area (Å²) < 4.78 is 2.42. The number of aryl methyl sites for hydroxylation is 2. The van der Waals surface area contributed by atoms with Crippen LogP contribution < -0.4 is 5.32 Å². The maximum atomic E-state index is 3.49. The largest absolute Gasteiger partial charge is 0.346 e. The van der Waals surface area contributed by atoms with Gasteiger partial charge in [-0.25, -0.2) is 0 Å². The minimum absolute atomic E-state index is 0.596. The van der Waals surface area contributed by atoms with E-state index in [-0.39, 0.29) is 0 Å². The predicted octanol–water partition coefficient (Wildman–Crippen LogP) is 4.33. The number of nitrogens with zero attached hydrogens (tertiary/aromatic N) is 1. The van der Waals surface area contributed by atoms with Crippen molar-refractivity contribution < 1.29 is 0 Å². The second kappa shape index (κ2) is 8.50. The van der Waals surface area contributed by atoms with Crippen molar-refractivity contribution in [3.05, 3.63) is 36.0 Å². The van der Waals surface area contributed by atoms with Gasteiger partial charge in [0.15, 0.2) is 0 Å². The topological polar surface area (TPSA) is 17.0 Å². The number of nitrogens with one attached hydrogen (secondary N) is 1. The molecule has 0 atom stereocenters. The number of fused-ring (bicyclic) bond motifs is 1. The van der Waals surface area contributed by atoms with Crippen LogP contribution in [0.1, 0.15) is 32.3 Å². The van der Waals surface area contributed by atoms with Crippen LogP contribution in [-0.2, 0) is 13.0 Å². The van der Waals surface area contributed by atoms with Crippen LogP contribution in [0.5, 0.6) is 0 Å². The van der Waals surface area contributed by atoms with E-state index in [4.69, 9.17) is 0 Å². The van der Waals surface area contributed by atoms with Crippen molar-refractivity contribution in [2.75, 3.05) is 18.6 Å². The highest BCUT2D eigenvalue weighted by molar-refractivity contribution is 7.98. The zero-order chi connectivity index (χ0) is 15.1. The fourth-order valence-corrected chi connectivity index (χ4v) is 3.11. The third-order valence-corrected chi connectivity index (χ3v) is 4.42. The van der Waals surface area contributed by atoms with Crippen LogP contribution in [0.3, 0.4) is 0 Å². The van der Waals surface area contributed by atoms with Crippen molar-refractivity contribution in [1.82, 2.24) is 9.88 Å². The number of benzene rings is 1. The predicted molar refractivity (Wildman–Crippen MR) is 96.4 cm³/mol. The van der Waals surface area contributed by atoms with Gasteiger partial charge in [0.1, 0.15) is 0 Å². The number of hydrogen-bond donors (Lipinski definition) is 1. The number of unbranched alkanes of at least 4 members (excludes halogenated alkanes) is 1. The smallest absolute Gasteiger partial charge is 0.0483 e. The van der Waals surface area contributed by atoms with Gasteiger partial charge >= 0.3 is 0 Å². The van der Waals surface area contributed by atoms with Crippen molar-refractivity contribution in [1.29, 1.82) is 0 Å². The Hall–Kier alpha value is -0.930. The summed E-state index contributed by atoms with van der Waals surface area (Å²) in [6, 6.07) is 9.42. The molecule has 0 fully saturated rings. The lowest BCUT2D eigenvalue weighted by molar-refractivity contribution is 0.558. The average molecular weight is 305 g/mol. The Labute approximate surface area is 133 Å². The summed E-state index contributed by atoms with van der Waals surface area (Å²) in [7, 11) is 0. The van der Waals surface area contributed by atoms with Gasteiger partial charge in [0, 0.05) is 35.4 Å². The Kier molecular flexibility index (Phi) is 6.65. The summed E-state index contributed by atoms with van der Waals surface area (Å²) in [5.74, 6) is 1.18. The first-order valence-electron chi connectivity index (χ1n) is 8.01. The van der Waals surface area contributed by atoms with Gasteiger partial charge in [-0.05, 0) is 43.7 Å². The van der Waals surface area contributed by atoms with Gasteiger partial charge in [-0.15, -0.1) is 0 Å². The Morgan fingerprint density at radius 3 is 2.76 bits per heavy atom. The maximum Gasteiger partial charge on any atom is 0.0483 e. The first-order chi connectivity index (χ1) is 10.2. The number of rotatable bonds is 9. The van der Waals surface area contributed by atoms with Crippen LogP contribution in [0.2, 0.25) is 0 Å². The van der Waals surface area contributed by atoms with Crippen molar-refractivity contribution in [2.24, 2.45) is 0 Å². The summed E-state index contributed by atoms with van der Waals surface area (Å²) >= 11 is 1.91. The highest BCUT2D eigenvalue weighted by atomic mass is 32.2. The molecule has 1 aromatic heterocycles. The molecule has 2 aromatic rings. The summed E-state index contributed by atoms with van der Waals surface area (Å²) in [5.41, 5.74) is 2.90. The lowest BCUT2D eigenvalue weighted by Gasteiger charge is -2.07. The maximum absolute atomic E-state index is 3.49. The van der Waals surface area contributed by atoms with Gasteiger partial charge in [-0.2, -0.15) is 11.8 Å². The van der Waals surface area contributed by atoms with E-state index in [0.29, 0.717) is 6.04 Å². The minimum Gasteiger partial charge on any atom is -0.346 e. The molecule has 1 aromatic carbocycles. The Morgan fingerprint density at radius 1 is 1.19 bits per heavy atom. The van der Waals surface area contributed by atoms with E-state index in [1.807, 2.05) is 11.8 Å². The first-order valence-corrected chi connectivity index (χ1v) is 9.41. The molecule has 0 saturated heterocycles. The number of hydrogen-bond acceptors (Lipinski definition) is 2. The zero-order valence-electron chi connectivity index (χ0n) is 13.6.